The zero-order valence-electron chi connectivity index (χ0n) is 15.4. The fourth-order valence-corrected chi connectivity index (χ4v) is 5.43. The molecule has 1 saturated heterocycles. The Bertz CT molecular complexity index is 846. The van der Waals surface area contributed by atoms with Crippen molar-refractivity contribution in [2.75, 3.05) is 25.4 Å². The molecule has 0 spiro atoms. The minimum Gasteiger partial charge on any atom is -0.377 e. The van der Waals surface area contributed by atoms with E-state index < -0.39 is 10.0 Å². The maximum atomic E-state index is 12.3. The number of nitrogens with one attached hydrogen (secondary N) is 2. The molecule has 0 saturated carbocycles. The van der Waals surface area contributed by atoms with Gasteiger partial charge >= 0.3 is 0 Å². The second kappa shape index (κ2) is 10.4. The second-order valence-electron chi connectivity index (χ2n) is 6.45. The van der Waals surface area contributed by atoms with Gasteiger partial charge in [0, 0.05) is 36.8 Å². The third kappa shape index (κ3) is 6.31. The topological polar surface area (TPSA) is 84.5 Å². The number of benzene rings is 1. The molecule has 6 nitrogen and oxygen atoms in total. The fourth-order valence-electron chi connectivity index (χ4n) is 2.78. The van der Waals surface area contributed by atoms with Crippen molar-refractivity contribution in [2.45, 2.75) is 29.6 Å². The van der Waals surface area contributed by atoms with Gasteiger partial charge in [-0.15, -0.1) is 0 Å². The van der Waals surface area contributed by atoms with Crippen molar-refractivity contribution in [3.8, 4) is 0 Å². The van der Waals surface area contributed by atoms with Crippen LogP contribution in [0.4, 0.5) is 0 Å². The van der Waals surface area contributed by atoms with Gasteiger partial charge in [-0.25, -0.2) is 13.1 Å². The Kier molecular flexibility index (Phi) is 7.92. The van der Waals surface area contributed by atoms with Crippen molar-refractivity contribution in [3.05, 3.63) is 52.2 Å². The van der Waals surface area contributed by atoms with Gasteiger partial charge in [0.1, 0.15) is 0 Å². The van der Waals surface area contributed by atoms with Gasteiger partial charge in [-0.3, -0.25) is 4.79 Å². The van der Waals surface area contributed by atoms with E-state index in [0.29, 0.717) is 18.7 Å². The summed E-state index contributed by atoms with van der Waals surface area (Å²) in [6.45, 7) is 1.52. The zero-order chi connectivity index (χ0) is 19.8. The van der Waals surface area contributed by atoms with E-state index in [-0.39, 0.29) is 23.5 Å². The Labute approximate surface area is 174 Å². The fraction of sp³-hybridized carbons (Fsp3) is 0.421. The highest BCUT2D eigenvalue weighted by molar-refractivity contribution is 7.98. The maximum absolute atomic E-state index is 12.3. The van der Waals surface area contributed by atoms with Gasteiger partial charge < -0.3 is 10.1 Å². The SMILES string of the molecule is O=C(NCCSCc1ccsc1)c1ccc(S(=O)(=O)NCC2CCCO2)cc1. The number of thioether (sulfide) groups is 1. The number of sulfonamides is 1. The summed E-state index contributed by atoms with van der Waals surface area (Å²) in [4.78, 5) is 12.3. The molecule has 1 fully saturated rings. The van der Waals surface area contributed by atoms with Crippen LogP contribution < -0.4 is 10.0 Å². The second-order valence-corrected chi connectivity index (χ2v) is 10.1. The van der Waals surface area contributed by atoms with Crippen LogP contribution in [0, 0.1) is 0 Å². The summed E-state index contributed by atoms with van der Waals surface area (Å²) >= 11 is 3.44. The van der Waals surface area contributed by atoms with Crippen molar-refractivity contribution in [1.29, 1.82) is 0 Å². The van der Waals surface area contributed by atoms with Crippen LogP contribution in [-0.4, -0.2) is 45.9 Å². The van der Waals surface area contributed by atoms with E-state index >= 15 is 0 Å². The lowest BCUT2D eigenvalue weighted by Crippen LogP contribution is -2.32. The van der Waals surface area contributed by atoms with Crippen LogP contribution >= 0.6 is 23.1 Å². The number of hydrogen-bond donors (Lipinski definition) is 2. The molecule has 1 amide bonds. The third-order valence-corrected chi connectivity index (χ3v) is 7.53. The molecule has 9 heteroatoms. The first-order chi connectivity index (χ1) is 13.5. The van der Waals surface area contributed by atoms with E-state index in [1.807, 2.05) is 0 Å². The molecule has 1 aromatic carbocycles. The molecule has 3 rings (SSSR count). The quantitative estimate of drug-likeness (QED) is 0.555. The first-order valence-electron chi connectivity index (χ1n) is 9.13. The number of hydrogen-bond acceptors (Lipinski definition) is 6. The summed E-state index contributed by atoms with van der Waals surface area (Å²) in [5.41, 5.74) is 1.74. The van der Waals surface area contributed by atoms with Gasteiger partial charge in [0.2, 0.25) is 10.0 Å². The maximum Gasteiger partial charge on any atom is 0.251 e. The molecule has 2 heterocycles. The van der Waals surface area contributed by atoms with Crippen molar-refractivity contribution in [2.24, 2.45) is 0 Å². The lowest BCUT2D eigenvalue weighted by molar-refractivity contribution is 0.0956. The predicted octanol–water partition coefficient (Wildman–Crippen LogP) is 2.87. The van der Waals surface area contributed by atoms with Crippen LogP contribution in [0.15, 0.2) is 46.0 Å². The van der Waals surface area contributed by atoms with E-state index in [1.54, 1.807) is 23.1 Å². The molecule has 152 valence electrons. The van der Waals surface area contributed by atoms with Crippen molar-refractivity contribution in [1.82, 2.24) is 10.0 Å². The average molecular weight is 441 g/mol. The molecule has 2 aromatic rings. The lowest BCUT2D eigenvalue weighted by atomic mass is 10.2. The lowest BCUT2D eigenvalue weighted by Gasteiger charge is -2.11. The minimum atomic E-state index is -3.60. The molecule has 28 heavy (non-hydrogen) atoms. The molecule has 2 N–H and O–H groups in total. The van der Waals surface area contributed by atoms with Gasteiger partial charge in [0.15, 0.2) is 0 Å². The summed E-state index contributed by atoms with van der Waals surface area (Å²) in [5, 5.41) is 7.04. The van der Waals surface area contributed by atoms with Crippen LogP contribution in [0.5, 0.6) is 0 Å². The number of rotatable bonds is 10. The van der Waals surface area contributed by atoms with E-state index in [4.69, 9.17) is 4.74 Å². The van der Waals surface area contributed by atoms with Crippen LogP contribution in [0.2, 0.25) is 0 Å². The van der Waals surface area contributed by atoms with Crippen LogP contribution in [-0.2, 0) is 20.5 Å². The van der Waals surface area contributed by atoms with Gasteiger partial charge in [-0.05, 0) is 59.5 Å². The Hall–Kier alpha value is -1.39. The Morgan fingerprint density at radius 2 is 2.07 bits per heavy atom. The summed E-state index contributed by atoms with van der Waals surface area (Å²) in [6, 6.07) is 8.08. The van der Waals surface area contributed by atoms with E-state index in [0.717, 1.165) is 24.3 Å². The summed E-state index contributed by atoms with van der Waals surface area (Å²) in [5.74, 6) is 1.55. The zero-order valence-corrected chi connectivity index (χ0v) is 17.9. The van der Waals surface area contributed by atoms with Crippen molar-refractivity contribution < 1.29 is 17.9 Å². The molecule has 0 aliphatic carbocycles. The van der Waals surface area contributed by atoms with Crippen LogP contribution in [0.3, 0.4) is 0 Å². The highest BCUT2D eigenvalue weighted by Crippen LogP contribution is 2.15. The van der Waals surface area contributed by atoms with Gasteiger partial charge in [-0.2, -0.15) is 23.1 Å². The van der Waals surface area contributed by atoms with E-state index in [2.05, 4.69) is 26.9 Å². The van der Waals surface area contributed by atoms with Crippen molar-refractivity contribution >= 4 is 39.0 Å². The molecule has 1 atom stereocenters. The monoisotopic (exact) mass is 440 g/mol. The van der Waals surface area contributed by atoms with Crippen LogP contribution in [0.1, 0.15) is 28.8 Å². The number of carbonyl (C=O) groups is 1. The summed E-state index contributed by atoms with van der Waals surface area (Å²) in [6.07, 6.45) is 1.77. The largest absolute Gasteiger partial charge is 0.377 e. The van der Waals surface area contributed by atoms with E-state index in [1.165, 1.54) is 29.8 Å². The van der Waals surface area contributed by atoms with Gasteiger partial charge in [0.05, 0.1) is 11.0 Å². The molecule has 1 unspecified atom stereocenters. The molecule has 0 radical (unpaired) electrons. The standard InChI is InChI=1S/C19H24N2O4S3/c22-19(20-8-11-27-14-15-7-10-26-13-15)16-3-5-18(6-4-16)28(23,24)21-12-17-2-1-9-25-17/h3-7,10,13,17,21H,1-2,8-9,11-12,14H2,(H,20,22). The molecule has 1 aromatic heterocycles. The third-order valence-electron chi connectivity index (χ3n) is 4.33. The Morgan fingerprint density at radius 1 is 1.25 bits per heavy atom. The van der Waals surface area contributed by atoms with Crippen molar-refractivity contribution in [3.63, 3.8) is 0 Å². The molecule has 0 bridgehead atoms. The molecule has 1 aliphatic rings. The minimum absolute atomic E-state index is 0.0579. The highest BCUT2D eigenvalue weighted by atomic mass is 32.2. The molecular formula is C19H24N2O4S3. The smallest absolute Gasteiger partial charge is 0.251 e. The predicted molar refractivity (Wildman–Crippen MR) is 113 cm³/mol. The molecular weight excluding hydrogens is 416 g/mol. The summed E-state index contributed by atoms with van der Waals surface area (Å²) < 4.78 is 32.7. The number of carbonyl (C=O) groups excluding carboxylic acids is 1. The van der Waals surface area contributed by atoms with E-state index in [9.17, 15) is 13.2 Å². The van der Waals surface area contributed by atoms with Crippen LogP contribution in [0.25, 0.3) is 0 Å². The Balaban J connectivity index is 1.42. The average Bonchev–Trinajstić information content (AvgIpc) is 3.40. The Morgan fingerprint density at radius 3 is 2.75 bits per heavy atom. The van der Waals surface area contributed by atoms with Gasteiger partial charge in [0.25, 0.3) is 5.91 Å². The first kappa shape index (κ1) is 21.3. The van der Waals surface area contributed by atoms with Gasteiger partial charge in [-0.1, -0.05) is 0 Å². The number of amides is 1. The number of thiophene rings is 1. The first-order valence-corrected chi connectivity index (χ1v) is 12.7. The number of ether oxygens (including phenoxy) is 1. The highest BCUT2D eigenvalue weighted by Gasteiger charge is 2.20. The summed E-state index contributed by atoms with van der Waals surface area (Å²) in [7, 11) is -3.60. The molecule has 1 aliphatic heterocycles. The normalized spacial score (nSPS) is 16.9.